The number of hydrogen-bond acceptors (Lipinski definition) is 2. The molecule has 0 unspecified atom stereocenters. The predicted molar refractivity (Wildman–Crippen MR) is 78.9 cm³/mol. The summed E-state index contributed by atoms with van der Waals surface area (Å²) >= 11 is 2.44. The van der Waals surface area contributed by atoms with Crippen molar-refractivity contribution in [3.05, 3.63) is 59.5 Å². The first-order valence-electron chi connectivity index (χ1n) is 6.05. The second-order valence-electron chi connectivity index (χ2n) is 4.91. The Labute approximate surface area is 120 Å². The normalized spacial score (nSPS) is 26.9. The van der Waals surface area contributed by atoms with Gasteiger partial charge < -0.3 is 9.15 Å². The summed E-state index contributed by atoms with van der Waals surface area (Å²) in [7, 11) is 0. The molecule has 0 bridgehead atoms. The van der Waals surface area contributed by atoms with Gasteiger partial charge in [0.2, 0.25) is 0 Å². The summed E-state index contributed by atoms with van der Waals surface area (Å²) in [4.78, 5) is 0. The summed E-state index contributed by atoms with van der Waals surface area (Å²) in [5.74, 6) is 0.920. The largest absolute Gasteiger partial charge is 0.467 e. The Hall–Kier alpha value is -0.810. The molecule has 2 aromatic rings. The van der Waals surface area contributed by atoms with E-state index in [2.05, 4.69) is 53.8 Å². The van der Waals surface area contributed by atoms with Crippen molar-refractivity contribution in [2.75, 3.05) is 4.43 Å². The smallest absolute Gasteiger partial charge is 0.133 e. The van der Waals surface area contributed by atoms with E-state index >= 15 is 0 Å². The molecule has 0 N–H and O–H groups in total. The van der Waals surface area contributed by atoms with Crippen molar-refractivity contribution in [2.24, 2.45) is 0 Å². The number of hydrogen-bond donors (Lipinski definition) is 0. The van der Waals surface area contributed by atoms with Crippen LogP contribution in [0.1, 0.15) is 29.9 Å². The van der Waals surface area contributed by atoms with Crippen LogP contribution in [0.3, 0.4) is 0 Å². The molecule has 0 fully saturated rings. The average Bonchev–Trinajstić information content (AvgIpc) is 2.93. The molecule has 2 atom stereocenters. The fraction of sp³-hybridized carbons (Fsp3) is 0.333. The molecule has 0 saturated carbocycles. The van der Waals surface area contributed by atoms with E-state index in [0.717, 1.165) is 10.2 Å². The zero-order chi connectivity index (χ0) is 12.6. The highest BCUT2D eigenvalue weighted by Gasteiger charge is 2.42. The van der Waals surface area contributed by atoms with E-state index in [1.165, 1.54) is 11.1 Å². The van der Waals surface area contributed by atoms with Gasteiger partial charge in [-0.1, -0.05) is 53.8 Å². The van der Waals surface area contributed by atoms with Crippen LogP contribution in [-0.4, -0.2) is 4.43 Å². The fourth-order valence-electron chi connectivity index (χ4n) is 2.68. The van der Waals surface area contributed by atoms with Gasteiger partial charge in [-0.05, 0) is 23.3 Å². The van der Waals surface area contributed by atoms with Crippen molar-refractivity contribution in [1.29, 1.82) is 0 Å². The van der Waals surface area contributed by atoms with E-state index in [1.54, 1.807) is 6.26 Å². The fourth-order valence-corrected chi connectivity index (χ4v) is 3.49. The van der Waals surface area contributed by atoms with Crippen LogP contribution < -0.4 is 0 Å². The van der Waals surface area contributed by atoms with E-state index in [1.807, 2.05) is 12.1 Å². The quantitative estimate of drug-likeness (QED) is 0.595. The molecule has 1 aromatic heterocycles. The number of ether oxygens (including phenoxy) is 1. The van der Waals surface area contributed by atoms with Crippen LogP contribution in [0.25, 0.3) is 0 Å². The Bertz CT molecular complexity index is 535. The van der Waals surface area contributed by atoms with Gasteiger partial charge in [0.1, 0.15) is 11.9 Å². The highest BCUT2D eigenvalue weighted by atomic mass is 127. The zero-order valence-electron chi connectivity index (χ0n) is 10.2. The lowest BCUT2D eigenvalue weighted by Gasteiger charge is -2.40. The topological polar surface area (TPSA) is 22.4 Å². The minimum absolute atomic E-state index is 0.000648. The molecule has 0 radical (unpaired) electrons. The van der Waals surface area contributed by atoms with Crippen molar-refractivity contribution < 1.29 is 9.15 Å². The SMILES string of the molecule is C[C@]1(CI)c2ccccc2CO[C@H]1c1ccco1. The lowest BCUT2D eigenvalue weighted by atomic mass is 9.74. The van der Waals surface area contributed by atoms with Gasteiger partial charge in [0, 0.05) is 9.84 Å². The summed E-state index contributed by atoms with van der Waals surface area (Å²) in [6, 6.07) is 12.5. The standard InChI is InChI=1S/C15H15IO2/c1-15(10-16)12-6-3-2-5-11(12)9-18-14(15)13-7-4-8-17-13/h2-8,14H,9-10H2,1H3/t14-,15-/m0/s1. The Morgan fingerprint density at radius 2 is 2.11 bits per heavy atom. The van der Waals surface area contributed by atoms with E-state index < -0.39 is 0 Å². The number of rotatable bonds is 2. The van der Waals surface area contributed by atoms with Gasteiger partial charge in [-0.25, -0.2) is 0 Å². The summed E-state index contributed by atoms with van der Waals surface area (Å²) < 4.78 is 12.6. The predicted octanol–water partition coefficient (Wildman–Crippen LogP) is 4.24. The van der Waals surface area contributed by atoms with E-state index in [4.69, 9.17) is 9.15 Å². The van der Waals surface area contributed by atoms with Gasteiger partial charge in [0.15, 0.2) is 0 Å². The molecule has 2 heterocycles. The molecule has 0 spiro atoms. The number of benzene rings is 1. The lowest BCUT2D eigenvalue weighted by molar-refractivity contribution is -0.0327. The third-order valence-electron chi connectivity index (χ3n) is 3.70. The van der Waals surface area contributed by atoms with E-state index in [0.29, 0.717) is 6.61 Å². The van der Waals surface area contributed by atoms with Crippen LogP contribution in [0, 0.1) is 0 Å². The molecule has 2 nitrogen and oxygen atoms in total. The van der Waals surface area contributed by atoms with Crippen molar-refractivity contribution in [1.82, 2.24) is 0 Å². The van der Waals surface area contributed by atoms with Gasteiger partial charge >= 0.3 is 0 Å². The van der Waals surface area contributed by atoms with Gasteiger partial charge in [-0.2, -0.15) is 0 Å². The molecule has 1 aromatic carbocycles. The van der Waals surface area contributed by atoms with Crippen LogP contribution >= 0.6 is 22.6 Å². The van der Waals surface area contributed by atoms with Crippen LogP contribution in [0.4, 0.5) is 0 Å². The Balaban J connectivity index is 2.10. The molecule has 1 aliphatic rings. The maximum atomic E-state index is 6.06. The van der Waals surface area contributed by atoms with Crippen molar-refractivity contribution in [2.45, 2.75) is 25.0 Å². The number of halogens is 1. The average molecular weight is 354 g/mol. The second kappa shape index (κ2) is 4.70. The Kier molecular flexibility index (Phi) is 3.20. The van der Waals surface area contributed by atoms with Crippen molar-refractivity contribution >= 4 is 22.6 Å². The monoisotopic (exact) mass is 354 g/mol. The third kappa shape index (κ3) is 1.80. The first-order valence-corrected chi connectivity index (χ1v) is 7.57. The molecule has 3 rings (SSSR count). The van der Waals surface area contributed by atoms with E-state index in [9.17, 15) is 0 Å². The highest BCUT2D eigenvalue weighted by molar-refractivity contribution is 14.1. The summed E-state index contributed by atoms with van der Waals surface area (Å²) in [5.41, 5.74) is 2.64. The molecule has 94 valence electrons. The van der Waals surface area contributed by atoms with Crippen LogP contribution in [-0.2, 0) is 16.8 Å². The molecule has 0 amide bonds. The minimum Gasteiger partial charge on any atom is -0.467 e. The molecule has 0 aliphatic carbocycles. The van der Waals surface area contributed by atoms with Gasteiger partial charge in [0.05, 0.1) is 12.9 Å². The minimum atomic E-state index is -0.0345. The number of furan rings is 1. The lowest BCUT2D eigenvalue weighted by Crippen LogP contribution is -2.38. The summed E-state index contributed by atoms with van der Waals surface area (Å²) in [5, 5.41) is 0. The highest BCUT2D eigenvalue weighted by Crippen LogP contribution is 2.46. The Morgan fingerprint density at radius 3 is 2.83 bits per heavy atom. The zero-order valence-corrected chi connectivity index (χ0v) is 12.4. The van der Waals surface area contributed by atoms with Gasteiger partial charge in [0.25, 0.3) is 0 Å². The second-order valence-corrected chi connectivity index (χ2v) is 5.68. The van der Waals surface area contributed by atoms with Crippen LogP contribution in [0.5, 0.6) is 0 Å². The first kappa shape index (κ1) is 12.2. The van der Waals surface area contributed by atoms with Gasteiger partial charge in [-0.15, -0.1) is 0 Å². The molecule has 3 heteroatoms. The van der Waals surface area contributed by atoms with Gasteiger partial charge in [-0.3, -0.25) is 0 Å². The maximum Gasteiger partial charge on any atom is 0.133 e. The van der Waals surface area contributed by atoms with Crippen LogP contribution in [0.2, 0.25) is 0 Å². The number of fused-ring (bicyclic) bond motifs is 1. The third-order valence-corrected chi connectivity index (χ3v) is 5.28. The van der Waals surface area contributed by atoms with Crippen molar-refractivity contribution in [3.8, 4) is 0 Å². The molecular formula is C15H15IO2. The first-order chi connectivity index (χ1) is 8.75. The molecule has 0 saturated heterocycles. The van der Waals surface area contributed by atoms with E-state index in [-0.39, 0.29) is 11.5 Å². The molecule has 18 heavy (non-hydrogen) atoms. The van der Waals surface area contributed by atoms with Crippen LogP contribution in [0.15, 0.2) is 47.1 Å². The molecular weight excluding hydrogens is 339 g/mol. The Morgan fingerprint density at radius 1 is 1.28 bits per heavy atom. The summed E-state index contributed by atoms with van der Waals surface area (Å²) in [6.45, 7) is 2.92. The van der Waals surface area contributed by atoms with Crippen molar-refractivity contribution in [3.63, 3.8) is 0 Å². The maximum absolute atomic E-state index is 6.06. The summed E-state index contributed by atoms with van der Waals surface area (Å²) in [6.07, 6.45) is 1.71. The number of alkyl halides is 1. The molecule has 1 aliphatic heterocycles.